The van der Waals surface area contributed by atoms with Gasteiger partial charge in [-0.25, -0.2) is 0 Å². The van der Waals surface area contributed by atoms with E-state index >= 15 is 0 Å². The van der Waals surface area contributed by atoms with E-state index in [1.54, 1.807) is 0 Å². The van der Waals surface area contributed by atoms with Crippen molar-refractivity contribution in [3.63, 3.8) is 0 Å². The van der Waals surface area contributed by atoms with E-state index in [0.29, 0.717) is 0 Å². The summed E-state index contributed by atoms with van der Waals surface area (Å²) in [6.45, 7) is 0. The van der Waals surface area contributed by atoms with E-state index in [1.807, 2.05) is 11.3 Å². The minimum Gasteiger partial charge on any atom is -0.135 e. The molecule has 6 aromatic rings. The lowest BCUT2D eigenvalue weighted by Gasteiger charge is -2.16. The number of hydrogen-bond donors (Lipinski definition) is 0. The van der Waals surface area contributed by atoms with Crippen LogP contribution in [0.3, 0.4) is 0 Å². The second-order valence-electron chi connectivity index (χ2n) is 8.41. The van der Waals surface area contributed by atoms with Crippen LogP contribution in [0.5, 0.6) is 0 Å². The molecule has 0 saturated carbocycles. The molecule has 0 bridgehead atoms. The standard InChI is InChI=1S/C30H20S/c1-2-10-23-21(8-1)22-9-3-4-11-24(22)28-18-19(16-17-25(23)28)20-13-7-14-27-26-12-5-6-15-29(26)31-30(20)27/h1-6,8-13,15-18H,7,14H2. The normalized spacial score (nSPS) is 13.7. The number of thiophene rings is 1. The number of rotatable bonds is 1. The molecular formula is C30H20S. The van der Waals surface area contributed by atoms with E-state index in [2.05, 4.69) is 97.1 Å². The Kier molecular flexibility index (Phi) is 3.64. The van der Waals surface area contributed by atoms with Crippen LogP contribution in [0.25, 0.3) is 48.0 Å². The smallest absolute Gasteiger partial charge is 0.0390 e. The van der Waals surface area contributed by atoms with Crippen molar-refractivity contribution in [2.75, 3.05) is 0 Å². The van der Waals surface area contributed by atoms with Crippen LogP contribution < -0.4 is 0 Å². The molecule has 1 aliphatic rings. The van der Waals surface area contributed by atoms with E-state index in [0.717, 1.165) is 12.8 Å². The van der Waals surface area contributed by atoms with Crippen LogP contribution in [-0.2, 0) is 6.42 Å². The largest absolute Gasteiger partial charge is 0.135 e. The average molecular weight is 413 g/mol. The minimum absolute atomic E-state index is 1.11. The van der Waals surface area contributed by atoms with Gasteiger partial charge in [-0.2, -0.15) is 0 Å². The van der Waals surface area contributed by atoms with Crippen LogP contribution >= 0.6 is 11.3 Å². The van der Waals surface area contributed by atoms with Gasteiger partial charge in [0, 0.05) is 9.58 Å². The lowest BCUT2D eigenvalue weighted by molar-refractivity contribution is 0.998. The van der Waals surface area contributed by atoms with E-state index < -0.39 is 0 Å². The molecule has 1 heterocycles. The molecule has 146 valence electrons. The van der Waals surface area contributed by atoms with Crippen molar-refractivity contribution in [3.05, 3.63) is 113 Å². The highest BCUT2D eigenvalue weighted by molar-refractivity contribution is 7.20. The zero-order valence-corrected chi connectivity index (χ0v) is 17.9. The second-order valence-corrected chi connectivity index (χ2v) is 9.47. The van der Waals surface area contributed by atoms with E-state index in [9.17, 15) is 0 Å². The van der Waals surface area contributed by atoms with Gasteiger partial charge in [-0.05, 0) is 79.4 Å². The molecule has 0 saturated heterocycles. The predicted octanol–water partition coefficient (Wildman–Crippen LogP) is 8.74. The van der Waals surface area contributed by atoms with Gasteiger partial charge in [0.05, 0.1) is 0 Å². The van der Waals surface area contributed by atoms with Gasteiger partial charge in [-0.15, -0.1) is 11.3 Å². The molecule has 0 spiro atoms. The Balaban J connectivity index is 1.53. The van der Waals surface area contributed by atoms with Crippen molar-refractivity contribution in [1.82, 2.24) is 0 Å². The molecule has 7 rings (SSSR count). The summed E-state index contributed by atoms with van der Waals surface area (Å²) in [5.41, 5.74) is 4.27. The maximum absolute atomic E-state index is 2.45. The van der Waals surface area contributed by atoms with Gasteiger partial charge in [0.2, 0.25) is 0 Å². The Hall–Kier alpha value is -3.42. The van der Waals surface area contributed by atoms with E-state index in [-0.39, 0.29) is 0 Å². The van der Waals surface area contributed by atoms with E-state index in [4.69, 9.17) is 0 Å². The van der Waals surface area contributed by atoms with Crippen LogP contribution in [0.4, 0.5) is 0 Å². The van der Waals surface area contributed by atoms with Gasteiger partial charge in [0.15, 0.2) is 0 Å². The molecule has 0 amide bonds. The summed E-state index contributed by atoms with van der Waals surface area (Å²) in [4.78, 5) is 1.46. The highest BCUT2D eigenvalue weighted by Gasteiger charge is 2.20. The summed E-state index contributed by atoms with van der Waals surface area (Å²) in [7, 11) is 0. The lowest BCUT2D eigenvalue weighted by Crippen LogP contribution is -1.97. The van der Waals surface area contributed by atoms with Crippen LogP contribution in [0.1, 0.15) is 22.4 Å². The SMILES string of the molecule is C1=C(c2ccc3c4ccccc4c4ccccc4c3c2)c2sc3ccccc3c2CC1. The Labute approximate surface area is 185 Å². The topological polar surface area (TPSA) is 0 Å². The Bertz CT molecular complexity index is 1640. The molecule has 5 aromatic carbocycles. The van der Waals surface area contributed by atoms with Crippen molar-refractivity contribution >= 4 is 59.3 Å². The van der Waals surface area contributed by atoms with Gasteiger partial charge in [0.25, 0.3) is 0 Å². The summed E-state index contributed by atoms with van der Waals surface area (Å²) in [5, 5.41) is 9.47. The summed E-state index contributed by atoms with van der Waals surface area (Å²) < 4.78 is 1.40. The van der Waals surface area contributed by atoms with E-state index in [1.165, 1.54) is 64.0 Å². The Morgan fingerprint density at radius 2 is 1.13 bits per heavy atom. The first-order valence-electron chi connectivity index (χ1n) is 10.9. The number of fused-ring (bicyclic) bond motifs is 9. The highest BCUT2D eigenvalue weighted by atomic mass is 32.1. The molecule has 0 unspecified atom stereocenters. The zero-order valence-electron chi connectivity index (χ0n) is 17.1. The summed E-state index contributed by atoms with van der Waals surface area (Å²) in [6.07, 6.45) is 4.70. The fraction of sp³-hybridized carbons (Fsp3) is 0.0667. The van der Waals surface area contributed by atoms with Crippen molar-refractivity contribution < 1.29 is 0 Å². The molecule has 0 atom stereocenters. The third-order valence-electron chi connectivity index (χ3n) is 6.74. The lowest BCUT2D eigenvalue weighted by atomic mass is 9.88. The number of allylic oxidation sites excluding steroid dienone is 1. The number of aryl methyl sites for hydroxylation is 1. The Morgan fingerprint density at radius 1 is 0.548 bits per heavy atom. The van der Waals surface area contributed by atoms with Crippen molar-refractivity contribution in [1.29, 1.82) is 0 Å². The number of hydrogen-bond acceptors (Lipinski definition) is 1. The van der Waals surface area contributed by atoms with Crippen molar-refractivity contribution in [2.24, 2.45) is 0 Å². The molecule has 1 aliphatic carbocycles. The first kappa shape index (κ1) is 17.3. The highest BCUT2D eigenvalue weighted by Crippen LogP contribution is 2.43. The number of benzene rings is 5. The third kappa shape index (κ3) is 2.47. The van der Waals surface area contributed by atoms with Crippen LogP contribution in [0, 0.1) is 0 Å². The van der Waals surface area contributed by atoms with Crippen LogP contribution in [0.15, 0.2) is 97.1 Å². The molecule has 0 fully saturated rings. The first-order chi connectivity index (χ1) is 15.4. The summed E-state index contributed by atoms with van der Waals surface area (Å²) >= 11 is 1.95. The van der Waals surface area contributed by atoms with Crippen molar-refractivity contribution in [3.8, 4) is 0 Å². The molecule has 0 N–H and O–H groups in total. The van der Waals surface area contributed by atoms with Gasteiger partial charge >= 0.3 is 0 Å². The summed E-state index contributed by atoms with van der Waals surface area (Å²) in [6, 6.07) is 33.6. The molecule has 31 heavy (non-hydrogen) atoms. The molecule has 0 aliphatic heterocycles. The Morgan fingerprint density at radius 3 is 1.84 bits per heavy atom. The minimum atomic E-state index is 1.11. The van der Waals surface area contributed by atoms with Crippen LogP contribution in [0.2, 0.25) is 0 Å². The van der Waals surface area contributed by atoms with Crippen LogP contribution in [-0.4, -0.2) is 0 Å². The van der Waals surface area contributed by atoms with Crippen molar-refractivity contribution in [2.45, 2.75) is 12.8 Å². The predicted molar refractivity (Wildman–Crippen MR) is 136 cm³/mol. The quantitative estimate of drug-likeness (QED) is 0.237. The first-order valence-corrected chi connectivity index (χ1v) is 11.7. The third-order valence-corrected chi connectivity index (χ3v) is 7.99. The average Bonchev–Trinajstić information content (AvgIpc) is 3.23. The molecule has 0 nitrogen and oxygen atoms in total. The molecular weight excluding hydrogens is 392 g/mol. The summed E-state index contributed by atoms with van der Waals surface area (Å²) in [5.74, 6) is 0. The maximum atomic E-state index is 2.45. The molecule has 1 aromatic heterocycles. The second kappa shape index (κ2) is 6.54. The molecule has 0 radical (unpaired) electrons. The zero-order chi connectivity index (χ0) is 20.4. The fourth-order valence-electron chi connectivity index (χ4n) is 5.34. The monoisotopic (exact) mass is 412 g/mol. The maximum Gasteiger partial charge on any atom is 0.0390 e. The van der Waals surface area contributed by atoms with Gasteiger partial charge in [-0.1, -0.05) is 84.9 Å². The van der Waals surface area contributed by atoms with Gasteiger partial charge in [0.1, 0.15) is 0 Å². The molecule has 1 heteroatoms. The van der Waals surface area contributed by atoms with Gasteiger partial charge in [-0.3, -0.25) is 0 Å². The van der Waals surface area contributed by atoms with Gasteiger partial charge < -0.3 is 0 Å². The fourth-order valence-corrected chi connectivity index (χ4v) is 6.66.